The van der Waals surface area contributed by atoms with E-state index >= 15 is 0 Å². The van der Waals surface area contributed by atoms with Crippen LogP contribution in [0.1, 0.15) is 80.6 Å². The number of ether oxygens (including phenoxy) is 1. The Morgan fingerprint density at radius 3 is 1.88 bits per heavy atom. The zero-order valence-corrected chi connectivity index (χ0v) is 17.2. The van der Waals surface area contributed by atoms with Crippen molar-refractivity contribution < 1.29 is 14.0 Å². The molecule has 1 aromatic heterocycles. The molecule has 0 unspecified atom stereocenters. The standard InChI is InChI=1S/C15H24BNO3.C5H12/c1-6-7-10-18-13-9-8-12(11-17-13)16-19-14(2,3)15(4,5)20-16;1-3-5-4-2/h8-9,11H,6-7,10H2,1-5H3;3-5H2,1-2H3. The first-order chi connectivity index (χ1) is 11.8. The molecule has 0 amide bonds. The number of pyridine rings is 1. The van der Waals surface area contributed by atoms with Crippen molar-refractivity contribution >= 4 is 12.6 Å². The maximum Gasteiger partial charge on any atom is 0.496 e. The van der Waals surface area contributed by atoms with Crippen LogP contribution in [-0.2, 0) is 9.31 Å². The van der Waals surface area contributed by atoms with Gasteiger partial charge in [-0.05, 0) is 40.2 Å². The first-order valence-corrected chi connectivity index (χ1v) is 9.71. The third kappa shape index (κ3) is 6.63. The van der Waals surface area contributed by atoms with Crippen molar-refractivity contribution in [1.82, 2.24) is 4.98 Å². The van der Waals surface area contributed by atoms with Crippen LogP contribution in [0.5, 0.6) is 5.88 Å². The minimum Gasteiger partial charge on any atom is -0.478 e. The lowest BCUT2D eigenvalue weighted by atomic mass is 9.80. The Hall–Kier alpha value is -1.07. The van der Waals surface area contributed by atoms with Gasteiger partial charge in [0.25, 0.3) is 0 Å². The second-order valence-corrected chi connectivity index (χ2v) is 7.57. The van der Waals surface area contributed by atoms with Crippen molar-refractivity contribution in [2.75, 3.05) is 6.61 Å². The zero-order valence-electron chi connectivity index (χ0n) is 17.2. The summed E-state index contributed by atoms with van der Waals surface area (Å²) in [4.78, 5) is 4.31. The molecule has 4 nitrogen and oxygen atoms in total. The van der Waals surface area contributed by atoms with E-state index in [-0.39, 0.29) is 18.3 Å². The smallest absolute Gasteiger partial charge is 0.478 e. The molecule has 0 saturated carbocycles. The molecule has 0 aromatic carbocycles. The Morgan fingerprint density at radius 1 is 0.920 bits per heavy atom. The summed E-state index contributed by atoms with van der Waals surface area (Å²) in [6.07, 6.45) is 8.00. The first-order valence-electron chi connectivity index (χ1n) is 9.71. The molecule has 1 aliphatic rings. The Kier molecular flexibility index (Phi) is 8.94. The van der Waals surface area contributed by atoms with Crippen molar-refractivity contribution in [1.29, 1.82) is 0 Å². The largest absolute Gasteiger partial charge is 0.496 e. The van der Waals surface area contributed by atoms with Gasteiger partial charge in [-0.1, -0.05) is 52.5 Å². The Bertz CT molecular complexity index is 470. The third-order valence-corrected chi connectivity index (χ3v) is 4.74. The van der Waals surface area contributed by atoms with Gasteiger partial charge in [0.1, 0.15) is 0 Å². The van der Waals surface area contributed by atoms with Gasteiger partial charge in [-0.3, -0.25) is 0 Å². The van der Waals surface area contributed by atoms with E-state index in [0.29, 0.717) is 12.5 Å². The van der Waals surface area contributed by atoms with Crippen molar-refractivity contribution in [3.63, 3.8) is 0 Å². The summed E-state index contributed by atoms with van der Waals surface area (Å²) in [6, 6.07) is 3.83. The fourth-order valence-corrected chi connectivity index (χ4v) is 2.27. The summed E-state index contributed by atoms with van der Waals surface area (Å²) in [5.74, 6) is 0.652. The van der Waals surface area contributed by atoms with Crippen LogP contribution in [0.15, 0.2) is 18.3 Å². The number of nitrogens with zero attached hydrogens (tertiary/aromatic N) is 1. The Morgan fingerprint density at radius 2 is 1.48 bits per heavy atom. The van der Waals surface area contributed by atoms with E-state index < -0.39 is 0 Å². The zero-order chi connectivity index (χ0) is 18.9. The lowest BCUT2D eigenvalue weighted by Crippen LogP contribution is -2.41. The third-order valence-electron chi connectivity index (χ3n) is 4.74. The number of hydrogen-bond donors (Lipinski definition) is 0. The quantitative estimate of drug-likeness (QED) is 0.526. The Labute approximate surface area is 154 Å². The summed E-state index contributed by atoms with van der Waals surface area (Å²) in [5, 5.41) is 0. The van der Waals surface area contributed by atoms with Crippen LogP contribution in [0.25, 0.3) is 0 Å². The monoisotopic (exact) mass is 349 g/mol. The summed E-state index contributed by atoms with van der Waals surface area (Å²) in [7, 11) is -0.364. The molecule has 0 radical (unpaired) electrons. The number of rotatable bonds is 7. The molecule has 1 aliphatic heterocycles. The highest BCUT2D eigenvalue weighted by molar-refractivity contribution is 6.62. The van der Waals surface area contributed by atoms with Gasteiger partial charge in [0.2, 0.25) is 5.88 Å². The molecule has 5 heteroatoms. The van der Waals surface area contributed by atoms with Gasteiger partial charge in [-0.25, -0.2) is 4.98 Å². The molecule has 0 N–H and O–H groups in total. The average molecular weight is 349 g/mol. The highest BCUT2D eigenvalue weighted by atomic mass is 16.7. The van der Waals surface area contributed by atoms with Gasteiger partial charge in [-0.15, -0.1) is 0 Å². The van der Waals surface area contributed by atoms with E-state index in [4.69, 9.17) is 14.0 Å². The lowest BCUT2D eigenvalue weighted by molar-refractivity contribution is 0.00578. The highest BCUT2D eigenvalue weighted by Crippen LogP contribution is 2.36. The SMILES string of the molecule is CCCCC.CCCCOc1ccc(B2OC(C)(C)C(C)(C)O2)cn1. The molecular weight excluding hydrogens is 313 g/mol. The second-order valence-electron chi connectivity index (χ2n) is 7.57. The van der Waals surface area contributed by atoms with Crippen LogP contribution in [0.3, 0.4) is 0 Å². The predicted octanol–water partition coefficient (Wildman–Crippen LogP) is 4.76. The molecule has 142 valence electrons. The molecule has 1 aromatic rings. The number of aromatic nitrogens is 1. The lowest BCUT2D eigenvalue weighted by Gasteiger charge is -2.32. The molecule has 0 aliphatic carbocycles. The average Bonchev–Trinajstić information content (AvgIpc) is 2.78. The van der Waals surface area contributed by atoms with E-state index in [2.05, 4.69) is 25.8 Å². The maximum atomic E-state index is 5.99. The number of unbranched alkanes of at least 4 members (excludes halogenated alkanes) is 3. The van der Waals surface area contributed by atoms with E-state index in [1.54, 1.807) is 6.20 Å². The van der Waals surface area contributed by atoms with Crippen LogP contribution < -0.4 is 10.2 Å². The van der Waals surface area contributed by atoms with Gasteiger partial charge >= 0.3 is 7.12 Å². The van der Waals surface area contributed by atoms with Gasteiger partial charge in [0.15, 0.2) is 0 Å². The maximum absolute atomic E-state index is 5.99. The van der Waals surface area contributed by atoms with E-state index in [0.717, 1.165) is 18.3 Å². The predicted molar refractivity (Wildman–Crippen MR) is 106 cm³/mol. The molecule has 1 fully saturated rings. The summed E-state index contributed by atoms with van der Waals surface area (Å²) >= 11 is 0. The minimum absolute atomic E-state index is 0.325. The summed E-state index contributed by atoms with van der Waals surface area (Å²) in [5.41, 5.74) is 0.272. The summed E-state index contributed by atoms with van der Waals surface area (Å²) < 4.78 is 17.5. The fraction of sp³-hybridized carbons (Fsp3) is 0.750. The molecule has 0 spiro atoms. The van der Waals surface area contributed by atoms with E-state index in [1.807, 2.05) is 39.8 Å². The Balaban J connectivity index is 0.000000550. The van der Waals surface area contributed by atoms with Crippen LogP contribution in [0, 0.1) is 0 Å². The van der Waals surface area contributed by atoms with E-state index in [1.165, 1.54) is 19.3 Å². The van der Waals surface area contributed by atoms with Crippen molar-refractivity contribution in [3.05, 3.63) is 18.3 Å². The molecule has 2 heterocycles. The van der Waals surface area contributed by atoms with Gasteiger partial charge in [0, 0.05) is 11.7 Å². The van der Waals surface area contributed by atoms with Gasteiger partial charge in [-0.2, -0.15) is 0 Å². The first kappa shape index (κ1) is 22.0. The molecule has 0 atom stereocenters. The normalized spacial score (nSPS) is 17.8. The van der Waals surface area contributed by atoms with Gasteiger partial charge in [0.05, 0.1) is 17.8 Å². The van der Waals surface area contributed by atoms with Crippen LogP contribution in [0.2, 0.25) is 0 Å². The van der Waals surface area contributed by atoms with Crippen LogP contribution in [-0.4, -0.2) is 29.9 Å². The second kappa shape index (κ2) is 10.2. The summed E-state index contributed by atoms with van der Waals surface area (Å²) in [6.45, 7) is 15.4. The highest BCUT2D eigenvalue weighted by Gasteiger charge is 2.51. The number of hydrogen-bond acceptors (Lipinski definition) is 4. The molecule has 1 saturated heterocycles. The van der Waals surface area contributed by atoms with Crippen LogP contribution in [0.4, 0.5) is 0 Å². The van der Waals surface area contributed by atoms with Crippen molar-refractivity contribution in [2.45, 2.75) is 91.8 Å². The van der Waals surface area contributed by atoms with Crippen LogP contribution >= 0.6 is 0 Å². The van der Waals surface area contributed by atoms with Crippen molar-refractivity contribution in [3.8, 4) is 5.88 Å². The van der Waals surface area contributed by atoms with E-state index in [9.17, 15) is 0 Å². The molecule has 25 heavy (non-hydrogen) atoms. The van der Waals surface area contributed by atoms with Gasteiger partial charge < -0.3 is 14.0 Å². The molecule has 0 bridgehead atoms. The molecule has 2 rings (SSSR count). The topological polar surface area (TPSA) is 40.6 Å². The fourth-order valence-electron chi connectivity index (χ4n) is 2.27. The van der Waals surface area contributed by atoms with Crippen molar-refractivity contribution in [2.24, 2.45) is 0 Å². The minimum atomic E-state index is -0.364. The molecular formula is C20H36BNO3.